The number of nitrogens with one attached hydrogen (secondary N) is 1. The summed E-state index contributed by atoms with van der Waals surface area (Å²) in [6, 6.07) is 4.15. The Labute approximate surface area is 110 Å². The molecule has 3 heteroatoms. The van der Waals surface area contributed by atoms with Gasteiger partial charge in [-0.15, -0.1) is 0 Å². The number of rotatable bonds is 9. The van der Waals surface area contributed by atoms with Gasteiger partial charge in [-0.05, 0) is 37.3 Å². The minimum atomic E-state index is 0.828. The van der Waals surface area contributed by atoms with Gasteiger partial charge in [0.15, 0.2) is 0 Å². The molecule has 1 N–H and O–H groups in total. The van der Waals surface area contributed by atoms with Crippen molar-refractivity contribution < 1.29 is 4.42 Å². The van der Waals surface area contributed by atoms with Crippen molar-refractivity contribution in [2.75, 3.05) is 12.8 Å². The predicted molar refractivity (Wildman–Crippen MR) is 76.3 cm³/mol. The van der Waals surface area contributed by atoms with Crippen LogP contribution in [0.15, 0.2) is 16.5 Å². The van der Waals surface area contributed by atoms with Crippen LogP contribution in [0.4, 0.5) is 0 Å². The van der Waals surface area contributed by atoms with Gasteiger partial charge in [-0.1, -0.05) is 26.7 Å². The Morgan fingerprint density at radius 1 is 1.24 bits per heavy atom. The topological polar surface area (TPSA) is 25.2 Å². The van der Waals surface area contributed by atoms with Gasteiger partial charge in [0.05, 0.1) is 12.3 Å². The van der Waals surface area contributed by atoms with Gasteiger partial charge in [-0.25, -0.2) is 0 Å². The summed E-state index contributed by atoms with van der Waals surface area (Å²) in [5.74, 6) is 3.93. The zero-order valence-electron chi connectivity index (χ0n) is 11.3. The molecule has 0 spiro atoms. The third-order valence-electron chi connectivity index (χ3n) is 2.69. The third-order valence-corrected chi connectivity index (χ3v) is 3.26. The molecular formula is C14H25NOS. The first-order valence-electron chi connectivity index (χ1n) is 6.49. The highest BCUT2D eigenvalue weighted by Crippen LogP contribution is 2.13. The highest BCUT2D eigenvalue weighted by atomic mass is 32.2. The first-order chi connectivity index (χ1) is 8.22. The maximum Gasteiger partial charge on any atom is 0.117 e. The molecule has 17 heavy (non-hydrogen) atoms. The second-order valence-corrected chi connectivity index (χ2v) is 5.73. The maximum absolute atomic E-state index is 5.69. The van der Waals surface area contributed by atoms with Crippen LogP contribution >= 0.6 is 11.8 Å². The zero-order valence-corrected chi connectivity index (χ0v) is 12.1. The van der Waals surface area contributed by atoms with Crippen molar-refractivity contribution in [3.8, 4) is 0 Å². The average Bonchev–Trinajstić information content (AvgIpc) is 2.71. The Balaban J connectivity index is 2.05. The number of unbranched alkanes of at least 4 members (excludes halogenated alkanes) is 1. The van der Waals surface area contributed by atoms with E-state index in [9.17, 15) is 0 Å². The van der Waals surface area contributed by atoms with Crippen molar-refractivity contribution in [3.05, 3.63) is 23.7 Å². The van der Waals surface area contributed by atoms with Crippen molar-refractivity contribution >= 4 is 11.8 Å². The van der Waals surface area contributed by atoms with Gasteiger partial charge in [-0.3, -0.25) is 0 Å². The Bertz CT molecular complexity index is 296. The minimum Gasteiger partial charge on any atom is -0.464 e. The molecule has 0 saturated heterocycles. The van der Waals surface area contributed by atoms with Gasteiger partial charge in [-0.2, -0.15) is 11.8 Å². The fourth-order valence-electron chi connectivity index (χ4n) is 1.75. The monoisotopic (exact) mass is 255 g/mol. The normalized spacial score (nSPS) is 11.3. The molecule has 0 amide bonds. The van der Waals surface area contributed by atoms with Gasteiger partial charge in [0.25, 0.3) is 0 Å². The SMILES string of the molecule is CSCc1ccc(CNCCCCC(C)C)o1. The molecule has 0 aliphatic carbocycles. The van der Waals surface area contributed by atoms with E-state index in [0.29, 0.717) is 0 Å². The van der Waals surface area contributed by atoms with E-state index in [0.717, 1.165) is 36.3 Å². The molecular weight excluding hydrogens is 230 g/mol. The Kier molecular flexibility index (Phi) is 7.45. The molecule has 1 heterocycles. The van der Waals surface area contributed by atoms with Crippen LogP contribution in [0, 0.1) is 5.92 Å². The molecule has 0 fully saturated rings. The average molecular weight is 255 g/mol. The fourth-order valence-corrected chi connectivity index (χ4v) is 2.19. The van der Waals surface area contributed by atoms with Crippen molar-refractivity contribution in [1.29, 1.82) is 0 Å². The smallest absolute Gasteiger partial charge is 0.117 e. The summed E-state index contributed by atoms with van der Waals surface area (Å²) in [5, 5.41) is 3.43. The number of furan rings is 1. The highest BCUT2D eigenvalue weighted by Gasteiger charge is 2.00. The zero-order chi connectivity index (χ0) is 12.5. The third kappa shape index (κ3) is 6.79. The molecule has 0 radical (unpaired) electrons. The number of hydrogen-bond donors (Lipinski definition) is 1. The largest absolute Gasteiger partial charge is 0.464 e. The standard InChI is InChI=1S/C14H25NOS/c1-12(2)6-4-5-9-15-10-13-7-8-14(16-13)11-17-3/h7-8,12,15H,4-6,9-11H2,1-3H3. The van der Waals surface area contributed by atoms with Crippen LogP contribution in [0.25, 0.3) is 0 Å². The molecule has 0 saturated carbocycles. The van der Waals surface area contributed by atoms with Crippen LogP contribution in [0.2, 0.25) is 0 Å². The summed E-state index contributed by atoms with van der Waals surface area (Å²) in [4.78, 5) is 0. The fraction of sp³-hybridized carbons (Fsp3) is 0.714. The van der Waals surface area contributed by atoms with Crippen LogP contribution in [0.3, 0.4) is 0 Å². The number of hydrogen-bond acceptors (Lipinski definition) is 3. The van der Waals surface area contributed by atoms with E-state index in [-0.39, 0.29) is 0 Å². The first-order valence-corrected chi connectivity index (χ1v) is 7.89. The quantitative estimate of drug-likeness (QED) is 0.674. The molecule has 2 nitrogen and oxygen atoms in total. The maximum atomic E-state index is 5.69. The van der Waals surface area contributed by atoms with E-state index in [1.54, 1.807) is 11.8 Å². The van der Waals surface area contributed by atoms with Gasteiger partial charge >= 0.3 is 0 Å². The lowest BCUT2D eigenvalue weighted by Crippen LogP contribution is -2.14. The second-order valence-electron chi connectivity index (χ2n) is 4.87. The molecule has 1 aromatic heterocycles. The summed E-state index contributed by atoms with van der Waals surface area (Å²) < 4.78 is 5.69. The lowest BCUT2D eigenvalue weighted by atomic mass is 10.1. The summed E-state index contributed by atoms with van der Waals surface area (Å²) in [6.45, 7) is 6.51. The Hall–Kier alpha value is -0.410. The summed E-state index contributed by atoms with van der Waals surface area (Å²) >= 11 is 1.79. The molecule has 0 unspecified atom stereocenters. The van der Waals surface area contributed by atoms with E-state index < -0.39 is 0 Å². The number of thioether (sulfide) groups is 1. The van der Waals surface area contributed by atoms with Crippen molar-refractivity contribution in [2.24, 2.45) is 5.92 Å². The van der Waals surface area contributed by atoms with Gasteiger partial charge in [0.1, 0.15) is 11.5 Å². The van der Waals surface area contributed by atoms with Crippen LogP contribution in [0.1, 0.15) is 44.6 Å². The van der Waals surface area contributed by atoms with Crippen LogP contribution in [-0.2, 0) is 12.3 Å². The Morgan fingerprint density at radius 3 is 2.71 bits per heavy atom. The summed E-state index contributed by atoms with van der Waals surface area (Å²) in [6.07, 6.45) is 6.01. The second kappa shape index (κ2) is 8.65. The lowest BCUT2D eigenvalue weighted by Gasteiger charge is -2.05. The summed E-state index contributed by atoms with van der Waals surface area (Å²) in [7, 11) is 0. The van der Waals surface area contributed by atoms with Gasteiger partial charge in [0.2, 0.25) is 0 Å². The molecule has 0 bridgehead atoms. The highest BCUT2D eigenvalue weighted by molar-refractivity contribution is 7.97. The summed E-state index contributed by atoms with van der Waals surface area (Å²) in [5.41, 5.74) is 0. The Morgan fingerprint density at radius 2 is 2.00 bits per heavy atom. The van der Waals surface area contributed by atoms with Gasteiger partial charge in [0, 0.05) is 0 Å². The molecule has 0 aliphatic rings. The van der Waals surface area contributed by atoms with Crippen molar-refractivity contribution in [1.82, 2.24) is 5.32 Å². The van der Waals surface area contributed by atoms with E-state index in [1.165, 1.54) is 19.3 Å². The molecule has 0 atom stereocenters. The van der Waals surface area contributed by atoms with Crippen molar-refractivity contribution in [2.45, 2.75) is 45.4 Å². The van der Waals surface area contributed by atoms with E-state index in [2.05, 4.69) is 37.6 Å². The van der Waals surface area contributed by atoms with E-state index in [4.69, 9.17) is 4.42 Å². The van der Waals surface area contributed by atoms with E-state index >= 15 is 0 Å². The molecule has 0 aliphatic heterocycles. The van der Waals surface area contributed by atoms with Gasteiger partial charge < -0.3 is 9.73 Å². The minimum absolute atomic E-state index is 0.828. The molecule has 1 aromatic rings. The van der Waals surface area contributed by atoms with Crippen LogP contribution in [-0.4, -0.2) is 12.8 Å². The van der Waals surface area contributed by atoms with E-state index in [1.807, 2.05) is 0 Å². The molecule has 98 valence electrons. The molecule has 1 rings (SSSR count). The van der Waals surface area contributed by atoms with Crippen LogP contribution in [0.5, 0.6) is 0 Å². The van der Waals surface area contributed by atoms with Crippen LogP contribution < -0.4 is 5.32 Å². The predicted octanol–water partition coefficient (Wildman–Crippen LogP) is 4.06. The first kappa shape index (κ1) is 14.7. The molecule has 0 aromatic carbocycles. The van der Waals surface area contributed by atoms with Crippen molar-refractivity contribution in [3.63, 3.8) is 0 Å². The lowest BCUT2D eigenvalue weighted by molar-refractivity contribution is 0.452.